The summed E-state index contributed by atoms with van der Waals surface area (Å²) in [5, 5.41) is 18.1. The van der Waals surface area contributed by atoms with Gasteiger partial charge in [-0.2, -0.15) is 0 Å². The molecular weight excluding hydrogens is 358 g/mol. The van der Waals surface area contributed by atoms with E-state index < -0.39 is 20.9 Å². The number of amides is 1. The zero-order valence-corrected chi connectivity index (χ0v) is 13.7. The molecule has 0 aliphatic carbocycles. The van der Waals surface area contributed by atoms with Crippen molar-refractivity contribution in [1.82, 2.24) is 5.32 Å². The van der Waals surface area contributed by atoms with Crippen molar-refractivity contribution < 1.29 is 18.1 Å². The third kappa shape index (κ3) is 4.28. The van der Waals surface area contributed by atoms with E-state index in [9.17, 15) is 23.3 Å². The van der Waals surface area contributed by atoms with Gasteiger partial charge in [0.15, 0.2) is 0 Å². The lowest BCUT2D eigenvalue weighted by Crippen LogP contribution is -2.22. The van der Waals surface area contributed by atoms with E-state index in [-0.39, 0.29) is 27.7 Å². The van der Waals surface area contributed by atoms with E-state index in [1.807, 2.05) is 0 Å². The highest BCUT2D eigenvalue weighted by Crippen LogP contribution is 2.24. The first kappa shape index (κ1) is 17.9. The minimum Gasteiger partial charge on any atom is -0.348 e. The van der Waals surface area contributed by atoms with Crippen molar-refractivity contribution in [1.29, 1.82) is 0 Å². The maximum Gasteiger partial charge on any atom is 0.287 e. The number of nitro groups is 1. The summed E-state index contributed by atoms with van der Waals surface area (Å²) in [5.41, 5.74) is 0.544. The molecule has 0 fully saturated rings. The van der Waals surface area contributed by atoms with Crippen LogP contribution in [-0.4, -0.2) is 19.2 Å². The number of nitro benzene ring substituents is 1. The molecule has 10 heteroatoms. The van der Waals surface area contributed by atoms with Crippen LogP contribution in [0.15, 0.2) is 47.4 Å². The fourth-order valence-electron chi connectivity index (χ4n) is 1.88. The van der Waals surface area contributed by atoms with Crippen molar-refractivity contribution in [3.63, 3.8) is 0 Å². The van der Waals surface area contributed by atoms with Gasteiger partial charge in [-0.15, -0.1) is 0 Å². The molecular formula is C14H12ClN3O5S. The number of primary sulfonamides is 1. The standard InChI is InChI=1S/C14H12ClN3O5S/c15-12-7-10(3-6-13(12)18(20)21)14(19)17-8-9-1-4-11(5-2-9)24(16,22)23/h1-7H,8H2,(H,17,19)(H2,16,22,23). The molecule has 0 aromatic heterocycles. The summed E-state index contributed by atoms with van der Waals surface area (Å²) in [6.45, 7) is 0.137. The maximum atomic E-state index is 12.0. The van der Waals surface area contributed by atoms with Crippen LogP contribution in [0.5, 0.6) is 0 Å². The van der Waals surface area contributed by atoms with Crippen molar-refractivity contribution in [3.8, 4) is 0 Å². The van der Waals surface area contributed by atoms with Gasteiger partial charge in [0, 0.05) is 18.2 Å². The van der Waals surface area contributed by atoms with Gasteiger partial charge in [0.1, 0.15) is 5.02 Å². The van der Waals surface area contributed by atoms with Gasteiger partial charge in [0.2, 0.25) is 10.0 Å². The molecule has 2 rings (SSSR count). The van der Waals surface area contributed by atoms with Gasteiger partial charge >= 0.3 is 0 Å². The highest BCUT2D eigenvalue weighted by Gasteiger charge is 2.15. The monoisotopic (exact) mass is 369 g/mol. The number of nitrogens with one attached hydrogen (secondary N) is 1. The Labute approximate surface area is 142 Å². The molecule has 0 spiro atoms. The number of carbonyl (C=O) groups excluding carboxylic acids is 1. The molecule has 0 heterocycles. The molecule has 24 heavy (non-hydrogen) atoms. The van der Waals surface area contributed by atoms with Gasteiger partial charge in [0.25, 0.3) is 11.6 Å². The Bertz CT molecular complexity index is 897. The van der Waals surface area contributed by atoms with Crippen LogP contribution in [0.1, 0.15) is 15.9 Å². The fraction of sp³-hybridized carbons (Fsp3) is 0.0714. The Balaban J connectivity index is 2.05. The minimum absolute atomic E-state index is 0.0280. The molecule has 8 nitrogen and oxygen atoms in total. The molecule has 0 aliphatic heterocycles. The predicted octanol–water partition coefficient (Wildman–Crippen LogP) is 1.83. The minimum atomic E-state index is -3.77. The second kappa shape index (κ2) is 6.95. The predicted molar refractivity (Wildman–Crippen MR) is 87.1 cm³/mol. The molecule has 0 radical (unpaired) electrons. The molecule has 1 amide bonds. The van der Waals surface area contributed by atoms with Crippen LogP contribution in [0, 0.1) is 10.1 Å². The number of benzene rings is 2. The van der Waals surface area contributed by atoms with E-state index in [0.29, 0.717) is 5.56 Å². The summed E-state index contributed by atoms with van der Waals surface area (Å²) in [5.74, 6) is -0.470. The van der Waals surface area contributed by atoms with Crippen LogP contribution >= 0.6 is 11.6 Å². The third-order valence-electron chi connectivity index (χ3n) is 3.11. The molecule has 2 aromatic rings. The summed E-state index contributed by atoms with van der Waals surface area (Å²) in [6.07, 6.45) is 0. The summed E-state index contributed by atoms with van der Waals surface area (Å²) in [7, 11) is -3.77. The molecule has 0 aliphatic rings. The number of nitrogens with two attached hydrogens (primary N) is 1. The lowest BCUT2D eigenvalue weighted by atomic mass is 10.2. The SMILES string of the molecule is NS(=O)(=O)c1ccc(CNC(=O)c2ccc([N+](=O)[O-])c(Cl)c2)cc1. The Morgan fingerprint density at radius 2 is 1.83 bits per heavy atom. The smallest absolute Gasteiger partial charge is 0.287 e. The Hall–Kier alpha value is -2.49. The van der Waals surface area contributed by atoms with E-state index in [2.05, 4.69) is 5.32 Å². The van der Waals surface area contributed by atoms with Crippen LogP contribution in [0.2, 0.25) is 5.02 Å². The number of carbonyl (C=O) groups is 1. The van der Waals surface area contributed by atoms with Crippen molar-refractivity contribution in [2.24, 2.45) is 5.14 Å². The van der Waals surface area contributed by atoms with E-state index in [0.717, 1.165) is 6.07 Å². The quantitative estimate of drug-likeness (QED) is 0.612. The lowest BCUT2D eigenvalue weighted by Gasteiger charge is -2.07. The normalized spacial score (nSPS) is 11.1. The highest BCUT2D eigenvalue weighted by atomic mass is 35.5. The van der Waals surface area contributed by atoms with Crippen molar-refractivity contribution in [3.05, 3.63) is 68.7 Å². The maximum absolute atomic E-state index is 12.0. The first-order valence-electron chi connectivity index (χ1n) is 6.52. The first-order valence-corrected chi connectivity index (χ1v) is 8.45. The molecule has 3 N–H and O–H groups in total. The third-order valence-corrected chi connectivity index (χ3v) is 4.34. The summed E-state index contributed by atoms with van der Waals surface area (Å²) in [6, 6.07) is 9.35. The zero-order chi connectivity index (χ0) is 17.9. The fourth-order valence-corrected chi connectivity index (χ4v) is 2.64. The number of sulfonamides is 1. The summed E-state index contributed by atoms with van der Waals surface area (Å²) < 4.78 is 22.3. The van der Waals surface area contributed by atoms with Crippen LogP contribution in [-0.2, 0) is 16.6 Å². The van der Waals surface area contributed by atoms with Gasteiger partial charge in [-0.25, -0.2) is 13.6 Å². The highest BCUT2D eigenvalue weighted by molar-refractivity contribution is 7.89. The van der Waals surface area contributed by atoms with E-state index >= 15 is 0 Å². The average molecular weight is 370 g/mol. The molecule has 126 valence electrons. The zero-order valence-electron chi connectivity index (χ0n) is 12.1. The van der Waals surface area contributed by atoms with Crippen molar-refractivity contribution in [2.45, 2.75) is 11.4 Å². The van der Waals surface area contributed by atoms with Gasteiger partial charge in [-0.05, 0) is 29.8 Å². The summed E-state index contributed by atoms with van der Waals surface area (Å²) in [4.78, 5) is 22.0. The van der Waals surface area contributed by atoms with Crippen molar-refractivity contribution in [2.75, 3.05) is 0 Å². The van der Waals surface area contributed by atoms with Gasteiger partial charge in [-0.1, -0.05) is 23.7 Å². The Morgan fingerprint density at radius 3 is 2.33 bits per heavy atom. The van der Waals surface area contributed by atoms with Crippen LogP contribution in [0.25, 0.3) is 0 Å². The van der Waals surface area contributed by atoms with Crippen molar-refractivity contribution >= 4 is 33.2 Å². The number of hydrogen-bond donors (Lipinski definition) is 2. The summed E-state index contributed by atoms with van der Waals surface area (Å²) >= 11 is 5.76. The van der Waals surface area contributed by atoms with Gasteiger partial charge < -0.3 is 5.32 Å². The molecule has 0 saturated carbocycles. The molecule has 0 atom stereocenters. The second-order valence-corrected chi connectivity index (χ2v) is 6.76. The van der Waals surface area contributed by atoms with E-state index in [4.69, 9.17) is 16.7 Å². The number of rotatable bonds is 5. The molecule has 0 bridgehead atoms. The van der Waals surface area contributed by atoms with Crippen LogP contribution < -0.4 is 10.5 Å². The van der Waals surface area contributed by atoms with Gasteiger partial charge in [0.05, 0.1) is 9.82 Å². The second-order valence-electron chi connectivity index (χ2n) is 4.79. The number of nitrogens with zero attached hydrogens (tertiary/aromatic N) is 1. The Kier molecular flexibility index (Phi) is 5.17. The van der Waals surface area contributed by atoms with E-state index in [1.54, 1.807) is 0 Å². The Morgan fingerprint density at radius 1 is 1.21 bits per heavy atom. The topological polar surface area (TPSA) is 132 Å². The van der Waals surface area contributed by atoms with Crippen LogP contribution in [0.3, 0.4) is 0 Å². The van der Waals surface area contributed by atoms with Crippen LogP contribution in [0.4, 0.5) is 5.69 Å². The molecule has 2 aromatic carbocycles. The average Bonchev–Trinajstić information content (AvgIpc) is 2.51. The van der Waals surface area contributed by atoms with Gasteiger partial charge in [-0.3, -0.25) is 14.9 Å². The first-order chi connectivity index (χ1) is 11.2. The largest absolute Gasteiger partial charge is 0.348 e. The number of halogens is 1. The lowest BCUT2D eigenvalue weighted by molar-refractivity contribution is -0.384. The van der Waals surface area contributed by atoms with E-state index in [1.165, 1.54) is 36.4 Å². The molecule has 0 saturated heterocycles. The number of hydrogen-bond acceptors (Lipinski definition) is 5. The molecule has 0 unspecified atom stereocenters.